The fourth-order valence-corrected chi connectivity index (χ4v) is 3.76. The highest BCUT2D eigenvalue weighted by atomic mass is 35.5. The summed E-state index contributed by atoms with van der Waals surface area (Å²) in [5.41, 5.74) is 6.12. The van der Waals surface area contributed by atoms with Crippen LogP contribution in [0.5, 0.6) is 0 Å². The van der Waals surface area contributed by atoms with Crippen LogP contribution in [0.3, 0.4) is 0 Å². The van der Waals surface area contributed by atoms with Crippen molar-refractivity contribution in [3.8, 4) is 0 Å². The lowest BCUT2D eigenvalue weighted by atomic mass is 10.1. The van der Waals surface area contributed by atoms with E-state index in [1.54, 1.807) is 24.3 Å². The van der Waals surface area contributed by atoms with Crippen LogP contribution in [0.1, 0.15) is 30.9 Å². The average Bonchev–Trinajstić information content (AvgIpc) is 2.72. The number of aliphatic hydroxyl groups excluding tert-OH is 1. The number of ether oxygens (including phenoxy) is 1. The second-order valence-electron chi connectivity index (χ2n) is 7.19. The summed E-state index contributed by atoms with van der Waals surface area (Å²) < 4.78 is 7.51. The van der Waals surface area contributed by atoms with Crippen molar-refractivity contribution in [2.75, 3.05) is 37.4 Å². The molecule has 3 N–H and O–H groups in total. The number of benzene rings is 1. The summed E-state index contributed by atoms with van der Waals surface area (Å²) in [6.07, 6.45) is 1.99. The predicted octanol–water partition coefficient (Wildman–Crippen LogP) is 1.62. The van der Waals surface area contributed by atoms with Crippen LogP contribution < -0.4 is 21.9 Å². The van der Waals surface area contributed by atoms with E-state index < -0.39 is 17.4 Å². The fraction of sp³-hybridized carbons (Fsp3) is 0.500. The first-order valence-electron chi connectivity index (χ1n) is 9.74. The minimum absolute atomic E-state index is 0.149. The summed E-state index contributed by atoms with van der Waals surface area (Å²) in [4.78, 5) is 28.2. The number of nitrogens with zero attached hydrogens (tertiary/aromatic N) is 3. The Balaban J connectivity index is 2.05. The fourth-order valence-electron chi connectivity index (χ4n) is 3.64. The largest absolute Gasteiger partial charge is 0.387 e. The van der Waals surface area contributed by atoms with Gasteiger partial charge in [0.1, 0.15) is 11.5 Å². The second kappa shape index (κ2) is 9.47. The Labute approximate surface area is 174 Å². The molecule has 0 radical (unpaired) electrons. The van der Waals surface area contributed by atoms with Crippen LogP contribution in [0.4, 0.5) is 11.5 Å². The number of anilines is 2. The number of aliphatic hydroxyl groups is 1. The smallest absolute Gasteiger partial charge is 0.332 e. The van der Waals surface area contributed by atoms with Crippen molar-refractivity contribution in [2.45, 2.75) is 38.5 Å². The number of piperidine rings is 1. The maximum absolute atomic E-state index is 13.2. The molecule has 8 nitrogen and oxygen atoms in total. The van der Waals surface area contributed by atoms with Gasteiger partial charge in [-0.3, -0.25) is 13.9 Å². The topological polar surface area (TPSA) is 103 Å². The van der Waals surface area contributed by atoms with E-state index in [-0.39, 0.29) is 25.5 Å². The lowest BCUT2D eigenvalue weighted by molar-refractivity contribution is 0.151. The van der Waals surface area contributed by atoms with Crippen LogP contribution in [-0.2, 0) is 17.8 Å². The van der Waals surface area contributed by atoms with Gasteiger partial charge in [-0.1, -0.05) is 23.7 Å². The van der Waals surface area contributed by atoms with Gasteiger partial charge in [-0.2, -0.15) is 0 Å². The Hall–Kier alpha value is -2.29. The molecule has 0 aliphatic carbocycles. The van der Waals surface area contributed by atoms with E-state index >= 15 is 0 Å². The van der Waals surface area contributed by atoms with Crippen LogP contribution in [0.2, 0.25) is 5.02 Å². The van der Waals surface area contributed by atoms with E-state index in [1.807, 2.05) is 4.90 Å². The summed E-state index contributed by atoms with van der Waals surface area (Å²) in [5, 5.41) is 11.2. The number of aromatic nitrogens is 2. The number of rotatable bonds is 7. The van der Waals surface area contributed by atoms with E-state index in [4.69, 9.17) is 22.1 Å². The molecule has 0 amide bonds. The molecule has 1 aliphatic heterocycles. The van der Waals surface area contributed by atoms with Gasteiger partial charge in [0.2, 0.25) is 0 Å². The Morgan fingerprint density at radius 1 is 1.14 bits per heavy atom. The van der Waals surface area contributed by atoms with Crippen molar-refractivity contribution in [3.05, 3.63) is 55.7 Å². The minimum atomic E-state index is -1.04. The molecule has 1 saturated heterocycles. The Morgan fingerprint density at radius 2 is 1.79 bits per heavy atom. The quantitative estimate of drug-likeness (QED) is 0.702. The molecule has 0 bridgehead atoms. The zero-order valence-electron chi connectivity index (χ0n) is 16.5. The first-order chi connectivity index (χ1) is 13.9. The molecule has 3 rings (SSSR count). The van der Waals surface area contributed by atoms with Gasteiger partial charge < -0.3 is 20.5 Å². The van der Waals surface area contributed by atoms with Gasteiger partial charge in [-0.25, -0.2) is 4.79 Å². The van der Waals surface area contributed by atoms with E-state index in [9.17, 15) is 14.7 Å². The number of nitrogens with two attached hydrogens (primary N) is 1. The molecular weight excluding hydrogens is 396 g/mol. The molecule has 1 atom stereocenters. The normalized spacial score (nSPS) is 15.5. The van der Waals surface area contributed by atoms with E-state index in [2.05, 4.69) is 0 Å². The van der Waals surface area contributed by atoms with Gasteiger partial charge in [0.25, 0.3) is 5.56 Å². The monoisotopic (exact) mass is 422 g/mol. The van der Waals surface area contributed by atoms with E-state index in [1.165, 1.54) is 11.7 Å². The maximum Gasteiger partial charge on any atom is 0.332 e. The zero-order valence-corrected chi connectivity index (χ0v) is 17.3. The third-order valence-corrected chi connectivity index (χ3v) is 5.50. The van der Waals surface area contributed by atoms with Gasteiger partial charge >= 0.3 is 5.69 Å². The molecule has 1 aromatic carbocycles. The van der Waals surface area contributed by atoms with Gasteiger partial charge in [-0.15, -0.1) is 0 Å². The third-order valence-electron chi connectivity index (χ3n) is 5.24. The molecule has 1 aliphatic rings. The van der Waals surface area contributed by atoms with Crippen LogP contribution in [0, 0.1) is 0 Å². The average molecular weight is 423 g/mol. The minimum Gasteiger partial charge on any atom is -0.387 e. The molecule has 1 aromatic heterocycles. The number of halogens is 1. The summed E-state index contributed by atoms with van der Waals surface area (Å²) in [6.45, 7) is 1.75. The van der Waals surface area contributed by atoms with Crippen molar-refractivity contribution >= 4 is 23.1 Å². The van der Waals surface area contributed by atoms with Gasteiger partial charge in [0.05, 0.1) is 25.8 Å². The predicted molar refractivity (Wildman–Crippen MR) is 114 cm³/mol. The molecule has 0 saturated carbocycles. The summed E-state index contributed by atoms with van der Waals surface area (Å²) in [6, 6.07) is 6.65. The highest BCUT2D eigenvalue weighted by Crippen LogP contribution is 2.22. The standard InChI is InChI=1S/C20H27ClN4O4/c1-29-12-11-24-18(22)17(23-9-3-2-4-10-23)19(27)25(20(24)28)13-16(26)14-5-7-15(21)8-6-14/h5-8,16,26H,2-4,9-13,22H2,1H3. The van der Waals surface area contributed by atoms with Crippen molar-refractivity contribution in [3.63, 3.8) is 0 Å². The van der Waals surface area contributed by atoms with Crippen molar-refractivity contribution in [1.82, 2.24) is 9.13 Å². The van der Waals surface area contributed by atoms with Crippen molar-refractivity contribution in [2.24, 2.45) is 0 Å². The van der Waals surface area contributed by atoms with E-state index in [0.717, 1.165) is 23.8 Å². The number of nitrogen functional groups attached to an aromatic ring is 1. The van der Waals surface area contributed by atoms with Crippen molar-refractivity contribution < 1.29 is 9.84 Å². The van der Waals surface area contributed by atoms with Crippen LogP contribution >= 0.6 is 11.6 Å². The highest BCUT2D eigenvalue weighted by Gasteiger charge is 2.24. The third kappa shape index (κ3) is 4.66. The Kier molecular flexibility index (Phi) is 7.00. The van der Waals surface area contributed by atoms with Crippen LogP contribution in [0.15, 0.2) is 33.9 Å². The zero-order chi connectivity index (χ0) is 21.0. The number of methoxy groups -OCH3 is 1. The molecule has 1 fully saturated rings. The SMILES string of the molecule is COCCn1c(N)c(N2CCCCC2)c(=O)n(CC(O)c2ccc(Cl)cc2)c1=O. The summed E-state index contributed by atoms with van der Waals surface area (Å²) >= 11 is 5.90. The first kappa shape index (κ1) is 21.4. The molecule has 0 spiro atoms. The number of hydrogen-bond donors (Lipinski definition) is 2. The Bertz CT molecular complexity index is 949. The Morgan fingerprint density at radius 3 is 2.41 bits per heavy atom. The molecule has 9 heteroatoms. The van der Waals surface area contributed by atoms with E-state index in [0.29, 0.717) is 29.4 Å². The summed E-state index contributed by atoms with van der Waals surface area (Å²) in [7, 11) is 1.53. The maximum atomic E-state index is 13.2. The van der Waals surface area contributed by atoms with Crippen LogP contribution in [-0.4, -0.2) is 41.0 Å². The van der Waals surface area contributed by atoms with Crippen LogP contribution in [0.25, 0.3) is 0 Å². The first-order valence-corrected chi connectivity index (χ1v) is 10.1. The molecular formula is C20H27ClN4O4. The van der Waals surface area contributed by atoms with Gasteiger partial charge in [0.15, 0.2) is 0 Å². The molecule has 2 heterocycles. The van der Waals surface area contributed by atoms with Gasteiger partial charge in [0, 0.05) is 25.2 Å². The molecule has 158 valence electrons. The number of hydrogen-bond acceptors (Lipinski definition) is 6. The molecule has 29 heavy (non-hydrogen) atoms. The lowest BCUT2D eigenvalue weighted by Crippen LogP contribution is -2.46. The highest BCUT2D eigenvalue weighted by molar-refractivity contribution is 6.30. The summed E-state index contributed by atoms with van der Waals surface area (Å²) in [5.74, 6) is 0.149. The van der Waals surface area contributed by atoms with Crippen molar-refractivity contribution in [1.29, 1.82) is 0 Å². The second-order valence-corrected chi connectivity index (χ2v) is 7.63. The molecule has 1 unspecified atom stereocenters. The lowest BCUT2D eigenvalue weighted by Gasteiger charge is -2.30. The molecule has 2 aromatic rings. The van der Waals surface area contributed by atoms with Gasteiger partial charge in [-0.05, 0) is 37.0 Å².